The molecule has 1 aromatic heterocycles. The summed E-state index contributed by atoms with van der Waals surface area (Å²) in [6, 6.07) is 1.79. The second-order valence-electron chi connectivity index (χ2n) is 4.39. The van der Waals surface area contributed by atoms with Gasteiger partial charge in [-0.2, -0.15) is 0 Å². The van der Waals surface area contributed by atoms with Crippen molar-refractivity contribution in [1.82, 2.24) is 10.3 Å². The normalized spacial score (nSPS) is 27.8. The number of nitrogens with one attached hydrogen (secondary N) is 1. The first-order valence-corrected chi connectivity index (χ1v) is 5.90. The van der Waals surface area contributed by atoms with Crippen LogP contribution in [-0.4, -0.2) is 30.3 Å². The molecule has 92 valence electrons. The Morgan fingerprint density at radius 1 is 1.47 bits per heavy atom. The fraction of sp³-hybridized carbons (Fsp3) is 0.583. The highest BCUT2D eigenvalue weighted by molar-refractivity contribution is 5.37. The van der Waals surface area contributed by atoms with Gasteiger partial charge in [0.2, 0.25) is 0 Å². The molecule has 0 saturated carbocycles. The van der Waals surface area contributed by atoms with E-state index in [2.05, 4.69) is 10.3 Å². The fourth-order valence-corrected chi connectivity index (χ4v) is 2.25. The lowest BCUT2D eigenvalue weighted by atomic mass is 10.1. The maximum absolute atomic E-state index is 13.7. The molecular weight excluding hydrogens is 223 g/mol. The summed E-state index contributed by atoms with van der Waals surface area (Å²) < 4.78 is 24.7. The Balaban J connectivity index is 1.78. The summed E-state index contributed by atoms with van der Waals surface area (Å²) in [7, 11) is 0. The molecule has 1 fully saturated rings. The first kappa shape index (κ1) is 10.9. The average molecular weight is 238 g/mol. The van der Waals surface area contributed by atoms with Gasteiger partial charge in [-0.25, -0.2) is 4.39 Å². The SMILES string of the molecule is F[C@H]1CNCC[C@H]1Oc1ccnc2c1COC2. The van der Waals surface area contributed by atoms with Crippen LogP contribution in [0.15, 0.2) is 12.3 Å². The van der Waals surface area contributed by atoms with Crippen LogP contribution in [0.3, 0.4) is 0 Å². The van der Waals surface area contributed by atoms with Gasteiger partial charge in [-0.05, 0) is 19.0 Å². The highest BCUT2D eigenvalue weighted by Crippen LogP contribution is 2.29. The molecule has 0 unspecified atom stereocenters. The van der Waals surface area contributed by atoms with E-state index in [1.165, 1.54) is 0 Å². The summed E-state index contributed by atoms with van der Waals surface area (Å²) in [6.07, 6.45) is 1.08. The van der Waals surface area contributed by atoms with E-state index in [-0.39, 0.29) is 6.10 Å². The Kier molecular flexibility index (Phi) is 2.94. The molecule has 4 nitrogen and oxygen atoms in total. The molecule has 0 aromatic carbocycles. The van der Waals surface area contributed by atoms with Gasteiger partial charge in [0.25, 0.3) is 0 Å². The second-order valence-corrected chi connectivity index (χ2v) is 4.39. The molecule has 2 atom stereocenters. The highest BCUT2D eigenvalue weighted by Gasteiger charge is 2.28. The predicted molar refractivity (Wildman–Crippen MR) is 59.5 cm³/mol. The Morgan fingerprint density at radius 2 is 2.41 bits per heavy atom. The first-order chi connectivity index (χ1) is 8.34. The third kappa shape index (κ3) is 2.12. The summed E-state index contributed by atoms with van der Waals surface area (Å²) in [5, 5.41) is 3.01. The molecule has 5 heteroatoms. The molecule has 17 heavy (non-hydrogen) atoms. The fourth-order valence-electron chi connectivity index (χ4n) is 2.25. The molecule has 0 spiro atoms. The van der Waals surface area contributed by atoms with Crippen molar-refractivity contribution >= 4 is 0 Å². The molecule has 3 rings (SSSR count). The van der Waals surface area contributed by atoms with Crippen molar-refractivity contribution in [3.63, 3.8) is 0 Å². The number of rotatable bonds is 2. The molecule has 1 aromatic rings. The van der Waals surface area contributed by atoms with Crippen molar-refractivity contribution < 1.29 is 13.9 Å². The van der Waals surface area contributed by atoms with Crippen molar-refractivity contribution in [1.29, 1.82) is 0 Å². The highest BCUT2D eigenvalue weighted by atomic mass is 19.1. The number of nitrogens with zero attached hydrogens (tertiary/aromatic N) is 1. The Labute approximate surface area is 99.1 Å². The van der Waals surface area contributed by atoms with E-state index in [1.807, 2.05) is 0 Å². The standard InChI is InChI=1S/C12H15FN2O2/c13-9-5-14-3-1-12(9)17-11-2-4-15-10-7-16-6-8(10)11/h2,4,9,12,14H,1,3,5-7H2/t9-,12+/m0/s1. The van der Waals surface area contributed by atoms with Crippen molar-refractivity contribution in [3.05, 3.63) is 23.5 Å². The summed E-state index contributed by atoms with van der Waals surface area (Å²) in [5.74, 6) is 0.724. The van der Waals surface area contributed by atoms with Gasteiger partial charge in [-0.3, -0.25) is 4.98 Å². The van der Waals surface area contributed by atoms with Gasteiger partial charge >= 0.3 is 0 Å². The lowest BCUT2D eigenvalue weighted by Crippen LogP contribution is -2.44. The van der Waals surface area contributed by atoms with E-state index in [1.54, 1.807) is 12.3 Å². The monoisotopic (exact) mass is 238 g/mol. The zero-order chi connectivity index (χ0) is 11.7. The first-order valence-electron chi connectivity index (χ1n) is 5.90. The van der Waals surface area contributed by atoms with Crippen LogP contribution in [-0.2, 0) is 18.0 Å². The summed E-state index contributed by atoms with van der Waals surface area (Å²) >= 11 is 0. The minimum atomic E-state index is -0.949. The molecule has 3 heterocycles. The summed E-state index contributed by atoms with van der Waals surface area (Å²) in [6.45, 7) is 2.21. The Bertz CT molecular complexity index is 413. The smallest absolute Gasteiger partial charge is 0.149 e. The van der Waals surface area contributed by atoms with Gasteiger partial charge in [0, 0.05) is 18.3 Å². The molecule has 0 aliphatic carbocycles. The van der Waals surface area contributed by atoms with Crippen molar-refractivity contribution in [2.45, 2.75) is 31.9 Å². The van der Waals surface area contributed by atoms with Gasteiger partial charge in [-0.15, -0.1) is 0 Å². The lowest BCUT2D eigenvalue weighted by Gasteiger charge is -2.27. The van der Waals surface area contributed by atoms with Crippen LogP contribution in [0.5, 0.6) is 5.75 Å². The number of hydrogen-bond donors (Lipinski definition) is 1. The largest absolute Gasteiger partial charge is 0.487 e. The van der Waals surface area contributed by atoms with Crippen LogP contribution in [0.4, 0.5) is 4.39 Å². The van der Waals surface area contributed by atoms with Gasteiger partial charge in [0.1, 0.15) is 18.0 Å². The zero-order valence-electron chi connectivity index (χ0n) is 9.49. The third-order valence-electron chi connectivity index (χ3n) is 3.21. The maximum Gasteiger partial charge on any atom is 0.149 e. The van der Waals surface area contributed by atoms with Gasteiger partial charge in [-0.1, -0.05) is 0 Å². The summed E-state index contributed by atoms with van der Waals surface area (Å²) in [4.78, 5) is 4.22. The quantitative estimate of drug-likeness (QED) is 0.840. The van der Waals surface area contributed by atoms with E-state index in [0.29, 0.717) is 26.2 Å². The lowest BCUT2D eigenvalue weighted by molar-refractivity contribution is 0.0704. The van der Waals surface area contributed by atoms with E-state index < -0.39 is 6.17 Å². The van der Waals surface area contributed by atoms with Gasteiger partial charge < -0.3 is 14.8 Å². The van der Waals surface area contributed by atoms with Crippen LogP contribution in [0.25, 0.3) is 0 Å². The number of piperidine rings is 1. The Morgan fingerprint density at radius 3 is 3.29 bits per heavy atom. The molecule has 1 saturated heterocycles. The number of fused-ring (bicyclic) bond motifs is 1. The van der Waals surface area contributed by atoms with Crippen LogP contribution >= 0.6 is 0 Å². The molecule has 2 aliphatic rings. The van der Waals surface area contributed by atoms with Gasteiger partial charge in [0.05, 0.1) is 18.9 Å². The zero-order valence-corrected chi connectivity index (χ0v) is 9.49. The molecule has 1 N–H and O–H groups in total. The average Bonchev–Trinajstić information content (AvgIpc) is 2.81. The van der Waals surface area contributed by atoms with Gasteiger partial charge in [0.15, 0.2) is 0 Å². The van der Waals surface area contributed by atoms with Crippen molar-refractivity contribution in [2.75, 3.05) is 13.1 Å². The molecule has 2 aliphatic heterocycles. The topological polar surface area (TPSA) is 43.4 Å². The molecule has 0 radical (unpaired) electrons. The number of hydrogen-bond acceptors (Lipinski definition) is 4. The second kappa shape index (κ2) is 4.58. The minimum Gasteiger partial charge on any atom is -0.487 e. The van der Waals surface area contributed by atoms with Crippen LogP contribution in [0.1, 0.15) is 17.7 Å². The molecule has 0 amide bonds. The van der Waals surface area contributed by atoms with Crippen LogP contribution in [0, 0.1) is 0 Å². The van der Waals surface area contributed by atoms with E-state index in [9.17, 15) is 4.39 Å². The Hall–Kier alpha value is -1.20. The number of pyridine rings is 1. The van der Waals surface area contributed by atoms with E-state index in [0.717, 1.165) is 23.6 Å². The van der Waals surface area contributed by atoms with Crippen molar-refractivity contribution in [2.24, 2.45) is 0 Å². The summed E-state index contributed by atoms with van der Waals surface area (Å²) in [5.41, 5.74) is 1.88. The molecular formula is C12H15FN2O2. The van der Waals surface area contributed by atoms with Crippen molar-refractivity contribution in [3.8, 4) is 5.75 Å². The van der Waals surface area contributed by atoms with E-state index >= 15 is 0 Å². The van der Waals surface area contributed by atoms with E-state index in [4.69, 9.17) is 9.47 Å². The predicted octanol–water partition coefficient (Wildman–Crippen LogP) is 1.19. The maximum atomic E-state index is 13.7. The number of ether oxygens (including phenoxy) is 2. The number of alkyl halides is 1. The minimum absolute atomic E-state index is 0.358. The number of aromatic nitrogens is 1. The van der Waals surface area contributed by atoms with Crippen LogP contribution in [0.2, 0.25) is 0 Å². The molecule has 0 bridgehead atoms. The number of halogens is 1. The third-order valence-corrected chi connectivity index (χ3v) is 3.21. The van der Waals surface area contributed by atoms with Crippen LogP contribution < -0.4 is 10.1 Å².